The highest BCUT2D eigenvalue weighted by atomic mass is 16.5. The zero-order valence-electron chi connectivity index (χ0n) is 8.78. The van der Waals surface area contributed by atoms with Crippen molar-refractivity contribution in [2.75, 3.05) is 24.6 Å². The molecule has 2 aliphatic heterocycles. The fourth-order valence-electron chi connectivity index (χ4n) is 2.42. The van der Waals surface area contributed by atoms with Crippen LogP contribution in [0.2, 0.25) is 0 Å². The summed E-state index contributed by atoms with van der Waals surface area (Å²) in [5.74, 6) is 1.05. The molecule has 0 aromatic carbocycles. The zero-order chi connectivity index (χ0) is 10.1. The molecule has 3 nitrogen and oxygen atoms in total. The van der Waals surface area contributed by atoms with E-state index in [1.807, 2.05) is 12.1 Å². The number of nitrogens with zero attached hydrogens (tertiary/aromatic N) is 2. The summed E-state index contributed by atoms with van der Waals surface area (Å²) in [7, 11) is 0. The van der Waals surface area contributed by atoms with Crippen molar-refractivity contribution >= 4 is 5.82 Å². The third-order valence-corrected chi connectivity index (χ3v) is 3.55. The molecule has 0 saturated carbocycles. The molecule has 3 heterocycles. The largest absolute Gasteiger partial charge is 0.375 e. The Kier molecular flexibility index (Phi) is 2.13. The Morgan fingerprint density at radius 2 is 2.13 bits per heavy atom. The van der Waals surface area contributed by atoms with Crippen LogP contribution in [-0.4, -0.2) is 30.3 Å². The molecular weight excluding hydrogens is 188 g/mol. The van der Waals surface area contributed by atoms with Gasteiger partial charge in [0, 0.05) is 19.3 Å². The first-order chi connectivity index (χ1) is 7.38. The maximum Gasteiger partial charge on any atom is 0.129 e. The molecule has 2 fully saturated rings. The second kappa shape index (κ2) is 3.49. The predicted octanol–water partition coefficient (Wildman–Crippen LogP) is 1.64. The maximum atomic E-state index is 5.69. The number of rotatable bonds is 1. The Morgan fingerprint density at radius 1 is 1.33 bits per heavy atom. The molecule has 79 valence electrons. The average Bonchev–Trinajstić information content (AvgIpc) is 2.28. The van der Waals surface area contributed by atoms with Crippen molar-refractivity contribution in [2.45, 2.75) is 24.9 Å². The van der Waals surface area contributed by atoms with E-state index in [9.17, 15) is 0 Å². The highest BCUT2D eigenvalue weighted by molar-refractivity contribution is 5.38. The van der Waals surface area contributed by atoms with Crippen LogP contribution in [0.4, 0.5) is 5.82 Å². The Balaban J connectivity index is 1.67. The first-order valence-electron chi connectivity index (χ1n) is 5.59. The van der Waals surface area contributed by atoms with E-state index in [0.717, 1.165) is 38.4 Å². The molecule has 0 amide bonds. The summed E-state index contributed by atoms with van der Waals surface area (Å²) in [4.78, 5) is 6.67. The predicted molar refractivity (Wildman–Crippen MR) is 57.8 cm³/mol. The van der Waals surface area contributed by atoms with E-state index in [0.29, 0.717) is 0 Å². The number of hydrogen-bond acceptors (Lipinski definition) is 3. The molecule has 3 heteroatoms. The molecule has 1 aromatic rings. The molecule has 2 aliphatic rings. The van der Waals surface area contributed by atoms with Crippen molar-refractivity contribution in [3.63, 3.8) is 0 Å². The SMILES string of the molecule is [c]1ccnc(N2CCC3(CCO3)CC2)c1. The number of hydrogen-bond donors (Lipinski definition) is 0. The number of ether oxygens (including phenoxy) is 1. The van der Waals surface area contributed by atoms with Gasteiger partial charge in [-0.05, 0) is 37.5 Å². The normalized spacial score (nSPS) is 23.9. The van der Waals surface area contributed by atoms with Gasteiger partial charge in [0.2, 0.25) is 0 Å². The van der Waals surface area contributed by atoms with Gasteiger partial charge in [-0.2, -0.15) is 0 Å². The van der Waals surface area contributed by atoms with Crippen molar-refractivity contribution in [3.8, 4) is 0 Å². The summed E-state index contributed by atoms with van der Waals surface area (Å²) >= 11 is 0. The van der Waals surface area contributed by atoms with Gasteiger partial charge in [-0.25, -0.2) is 4.98 Å². The number of aromatic nitrogens is 1. The van der Waals surface area contributed by atoms with Crippen LogP contribution in [0.3, 0.4) is 0 Å². The monoisotopic (exact) mass is 203 g/mol. The minimum Gasteiger partial charge on any atom is -0.375 e. The van der Waals surface area contributed by atoms with E-state index < -0.39 is 0 Å². The molecule has 15 heavy (non-hydrogen) atoms. The summed E-state index contributed by atoms with van der Waals surface area (Å²) in [5, 5.41) is 0. The van der Waals surface area contributed by atoms with Crippen LogP contribution in [0.15, 0.2) is 18.3 Å². The first-order valence-corrected chi connectivity index (χ1v) is 5.59. The van der Waals surface area contributed by atoms with E-state index in [2.05, 4.69) is 16.0 Å². The van der Waals surface area contributed by atoms with Crippen molar-refractivity contribution in [2.24, 2.45) is 0 Å². The highest BCUT2D eigenvalue weighted by Crippen LogP contribution is 2.37. The van der Waals surface area contributed by atoms with Gasteiger partial charge in [0.05, 0.1) is 12.2 Å². The van der Waals surface area contributed by atoms with Crippen LogP contribution in [0.5, 0.6) is 0 Å². The lowest BCUT2D eigenvalue weighted by Crippen LogP contribution is -2.52. The van der Waals surface area contributed by atoms with Crippen molar-refractivity contribution in [1.82, 2.24) is 4.98 Å². The Morgan fingerprint density at radius 3 is 2.67 bits per heavy atom. The molecule has 2 saturated heterocycles. The molecule has 1 spiro atoms. The van der Waals surface area contributed by atoms with E-state index in [1.54, 1.807) is 6.20 Å². The van der Waals surface area contributed by atoms with Gasteiger partial charge in [-0.3, -0.25) is 0 Å². The summed E-state index contributed by atoms with van der Waals surface area (Å²) in [6.45, 7) is 3.08. The highest BCUT2D eigenvalue weighted by Gasteiger charge is 2.41. The second-order valence-electron chi connectivity index (χ2n) is 4.38. The Bertz CT molecular complexity index is 325. The lowest BCUT2D eigenvalue weighted by atomic mass is 9.84. The second-order valence-corrected chi connectivity index (χ2v) is 4.38. The summed E-state index contributed by atoms with van der Waals surface area (Å²) in [6.07, 6.45) is 5.34. The molecule has 0 unspecified atom stereocenters. The minimum absolute atomic E-state index is 0.231. The van der Waals surface area contributed by atoms with Gasteiger partial charge in [0.1, 0.15) is 5.82 Å². The lowest BCUT2D eigenvalue weighted by molar-refractivity contribution is -0.158. The van der Waals surface area contributed by atoms with Gasteiger partial charge in [0.25, 0.3) is 0 Å². The fourth-order valence-corrected chi connectivity index (χ4v) is 2.42. The zero-order valence-corrected chi connectivity index (χ0v) is 8.78. The molecule has 1 aromatic heterocycles. The summed E-state index contributed by atoms with van der Waals surface area (Å²) in [6, 6.07) is 6.87. The average molecular weight is 203 g/mol. The smallest absolute Gasteiger partial charge is 0.129 e. The molecule has 0 atom stereocenters. The van der Waals surface area contributed by atoms with E-state index in [1.165, 1.54) is 6.42 Å². The van der Waals surface area contributed by atoms with Crippen LogP contribution < -0.4 is 4.90 Å². The quantitative estimate of drug-likeness (QED) is 0.694. The van der Waals surface area contributed by atoms with Crippen LogP contribution >= 0.6 is 0 Å². The molecule has 0 aliphatic carbocycles. The topological polar surface area (TPSA) is 25.4 Å². The molecule has 3 rings (SSSR count). The first kappa shape index (κ1) is 9.16. The van der Waals surface area contributed by atoms with Gasteiger partial charge in [0.15, 0.2) is 0 Å². The number of anilines is 1. The fraction of sp³-hybridized carbons (Fsp3) is 0.583. The Labute approximate surface area is 90.1 Å². The number of pyridine rings is 1. The molecule has 1 radical (unpaired) electrons. The van der Waals surface area contributed by atoms with Crippen molar-refractivity contribution < 1.29 is 4.74 Å². The van der Waals surface area contributed by atoms with Gasteiger partial charge in [-0.15, -0.1) is 0 Å². The molecular formula is C12H15N2O. The van der Waals surface area contributed by atoms with Gasteiger partial charge in [-0.1, -0.05) is 0 Å². The summed E-state index contributed by atoms with van der Waals surface area (Å²) < 4.78 is 5.69. The third kappa shape index (κ3) is 1.61. The molecule has 0 bridgehead atoms. The maximum absolute atomic E-state index is 5.69. The molecule has 0 N–H and O–H groups in total. The van der Waals surface area contributed by atoms with Crippen molar-refractivity contribution in [3.05, 3.63) is 24.4 Å². The van der Waals surface area contributed by atoms with E-state index >= 15 is 0 Å². The van der Waals surface area contributed by atoms with Crippen LogP contribution in [0.25, 0.3) is 0 Å². The Hall–Kier alpha value is -1.09. The van der Waals surface area contributed by atoms with Crippen LogP contribution in [-0.2, 0) is 4.74 Å². The summed E-state index contributed by atoms with van der Waals surface area (Å²) in [5.41, 5.74) is 0.231. The van der Waals surface area contributed by atoms with Gasteiger partial charge >= 0.3 is 0 Å². The van der Waals surface area contributed by atoms with Crippen molar-refractivity contribution in [1.29, 1.82) is 0 Å². The van der Waals surface area contributed by atoms with Gasteiger partial charge < -0.3 is 9.64 Å². The van der Waals surface area contributed by atoms with E-state index in [4.69, 9.17) is 4.74 Å². The van der Waals surface area contributed by atoms with Crippen LogP contribution in [0, 0.1) is 6.07 Å². The third-order valence-electron chi connectivity index (χ3n) is 3.55. The van der Waals surface area contributed by atoms with Crippen LogP contribution in [0.1, 0.15) is 19.3 Å². The van der Waals surface area contributed by atoms with E-state index in [-0.39, 0.29) is 5.60 Å². The minimum atomic E-state index is 0.231. The standard InChI is InChI=1S/C12H15N2O/c1-2-7-13-11(3-1)14-8-4-12(5-9-14)6-10-15-12/h2-3,7H,4-6,8-10H2. The lowest BCUT2D eigenvalue weighted by Gasteiger charge is -2.47. The number of piperidine rings is 1.